The van der Waals surface area contributed by atoms with Gasteiger partial charge in [0, 0.05) is 22.2 Å². The summed E-state index contributed by atoms with van der Waals surface area (Å²) in [5.74, 6) is 0.711. The fraction of sp³-hybridized carbons (Fsp3) is 0. The molecule has 3 nitrogen and oxygen atoms in total. The van der Waals surface area contributed by atoms with Gasteiger partial charge in [-0.1, -0.05) is 140 Å². The molecule has 0 radical (unpaired) electrons. The number of nitrogens with zero attached hydrogens (tertiary/aromatic N) is 3. The van der Waals surface area contributed by atoms with Gasteiger partial charge in [0.05, 0.1) is 16.7 Å². The van der Waals surface area contributed by atoms with Gasteiger partial charge in [-0.3, -0.25) is 0 Å². The third-order valence-corrected chi connectivity index (χ3v) is 8.02. The Bertz CT molecular complexity index is 2220. The van der Waals surface area contributed by atoms with Crippen LogP contribution in [0.4, 0.5) is 0 Å². The van der Waals surface area contributed by atoms with Crippen LogP contribution >= 0.6 is 0 Å². The lowest BCUT2D eigenvalue weighted by Gasteiger charge is -2.14. The van der Waals surface area contributed by atoms with Crippen LogP contribution in [-0.4, -0.2) is 14.5 Å². The van der Waals surface area contributed by atoms with Crippen molar-refractivity contribution in [1.29, 1.82) is 0 Å². The normalized spacial score (nSPS) is 11.3. The van der Waals surface area contributed by atoms with Crippen molar-refractivity contribution in [2.24, 2.45) is 0 Å². The Morgan fingerprint density at radius 2 is 1.00 bits per heavy atom. The quantitative estimate of drug-likeness (QED) is 0.214. The number of benzene rings is 6. The van der Waals surface area contributed by atoms with E-state index in [1.54, 1.807) is 0 Å². The van der Waals surface area contributed by atoms with E-state index in [4.69, 9.17) is 9.97 Å². The van der Waals surface area contributed by atoms with Crippen molar-refractivity contribution in [1.82, 2.24) is 14.5 Å². The molecule has 3 heteroatoms. The molecule has 8 aromatic rings. The number of fused-ring (bicyclic) bond motifs is 3. The maximum absolute atomic E-state index is 5.41. The highest BCUT2D eigenvalue weighted by molar-refractivity contribution is 6.11. The lowest BCUT2D eigenvalue weighted by atomic mass is 9.98. The molecule has 2 aromatic heterocycles. The number of aromatic nitrogens is 3. The Kier molecular flexibility index (Phi) is 6.12. The topological polar surface area (TPSA) is 30.7 Å². The molecule has 0 aliphatic heterocycles. The van der Waals surface area contributed by atoms with E-state index in [0.717, 1.165) is 61.1 Å². The number of hydrogen-bond donors (Lipinski definition) is 0. The average Bonchev–Trinajstić information content (AvgIpc) is 3.43. The van der Waals surface area contributed by atoms with Crippen molar-refractivity contribution in [3.63, 3.8) is 0 Å². The van der Waals surface area contributed by atoms with Gasteiger partial charge in [0.15, 0.2) is 5.82 Å². The first kappa shape index (κ1) is 25.0. The Labute approximate surface area is 250 Å². The zero-order valence-electron chi connectivity index (χ0n) is 23.4. The summed E-state index contributed by atoms with van der Waals surface area (Å²) in [5.41, 5.74) is 11.7. The molecule has 0 amide bonds. The average molecular weight is 550 g/mol. The van der Waals surface area contributed by atoms with E-state index in [1.165, 1.54) is 5.56 Å². The summed E-state index contributed by atoms with van der Waals surface area (Å²) in [6.45, 7) is 0. The predicted octanol–water partition coefficient (Wildman–Crippen LogP) is 10.2. The van der Waals surface area contributed by atoms with Crippen LogP contribution in [0.25, 0.3) is 72.5 Å². The van der Waals surface area contributed by atoms with Gasteiger partial charge in [-0.05, 0) is 46.5 Å². The minimum Gasteiger partial charge on any atom is -0.306 e. The summed E-state index contributed by atoms with van der Waals surface area (Å²) in [5, 5.41) is 1.10. The van der Waals surface area contributed by atoms with Crippen LogP contribution in [0.15, 0.2) is 164 Å². The van der Waals surface area contributed by atoms with Gasteiger partial charge in [0.2, 0.25) is 0 Å². The lowest BCUT2D eigenvalue weighted by molar-refractivity contribution is 1.15. The van der Waals surface area contributed by atoms with Gasteiger partial charge in [-0.2, -0.15) is 0 Å². The van der Waals surface area contributed by atoms with E-state index < -0.39 is 0 Å². The smallest absolute Gasteiger partial charge is 0.161 e. The summed E-state index contributed by atoms with van der Waals surface area (Å²) in [7, 11) is 0. The number of hydrogen-bond acceptors (Lipinski definition) is 2. The maximum atomic E-state index is 5.41. The van der Waals surface area contributed by atoms with Crippen LogP contribution in [0.3, 0.4) is 0 Å². The van der Waals surface area contributed by atoms with Crippen molar-refractivity contribution in [2.75, 3.05) is 0 Å². The molecule has 0 atom stereocenters. The van der Waals surface area contributed by atoms with Gasteiger partial charge in [0.1, 0.15) is 5.52 Å². The van der Waals surface area contributed by atoms with Crippen LogP contribution in [0, 0.1) is 0 Å². The summed E-state index contributed by atoms with van der Waals surface area (Å²) >= 11 is 0. The molecular formula is C40H27N3. The van der Waals surface area contributed by atoms with E-state index in [-0.39, 0.29) is 0 Å². The van der Waals surface area contributed by atoms with E-state index >= 15 is 0 Å². The second-order valence-electron chi connectivity index (χ2n) is 10.6. The molecule has 0 aliphatic rings. The van der Waals surface area contributed by atoms with Gasteiger partial charge in [-0.25, -0.2) is 9.97 Å². The summed E-state index contributed by atoms with van der Waals surface area (Å²) in [6.07, 6.45) is 0. The monoisotopic (exact) mass is 549 g/mol. The van der Waals surface area contributed by atoms with Crippen molar-refractivity contribution >= 4 is 21.9 Å². The maximum Gasteiger partial charge on any atom is 0.161 e. The molecule has 0 spiro atoms. The van der Waals surface area contributed by atoms with Gasteiger partial charge >= 0.3 is 0 Å². The highest BCUT2D eigenvalue weighted by Gasteiger charge is 2.22. The van der Waals surface area contributed by atoms with Gasteiger partial charge in [-0.15, -0.1) is 0 Å². The molecule has 0 N–H and O–H groups in total. The van der Waals surface area contributed by atoms with Crippen LogP contribution in [0.2, 0.25) is 0 Å². The second-order valence-corrected chi connectivity index (χ2v) is 10.6. The SMILES string of the molecule is c1ccc(-c2cccc(-c3nc(-c4ccccc4-c4ccccc4)nc4c5ccccc5n(-c5ccccc5)c34)c2)cc1. The largest absolute Gasteiger partial charge is 0.306 e. The Morgan fingerprint density at radius 3 is 1.77 bits per heavy atom. The first-order valence-corrected chi connectivity index (χ1v) is 14.5. The zero-order chi connectivity index (χ0) is 28.6. The van der Waals surface area contributed by atoms with Crippen molar-refractivity contribution in [3.05, 3.63) is 164 Å². The summed E-state index contributed by atoms with van der Waals surface area (Å²) in [4.78, 5) is 10.8. The molecule has 0 aliphatic carbocycles. The molecule has 43 heavy (non-hydrogen) atoms. The van der Waals surface area contributed by atoms with Crippen LogP contribution in [0.1, 0.15) is 0 Å². The molecule has 2 heterocycles. The minimum atomic E-state index is 0.711. The van der Waals surface area contributed by atoms with Crippen molar-refractivity contribution in [2.45, 2.75) is 0 Å². The van der Waals surface area contributed by atoms with Crippen LogP contribution in [-0.2, 0) is 0 Å². The van der Waals surface area contributed by atoms with Gasteiger partial charge < -0.3 is 4.57 Å². The lowest BCUT2D eigenvalue weighted by Crippen LogP contribution is -2.00. The first-order chi connectivity index (χ1) is 21.3. The molecule has 6 aromatic carbocycles. The van der Waals surface area contributed by atoms with Crippen LogP contribution in [0.5, 0.6) is 0 Å². The van der Waals surface area contributed by atoms with E-state index in [9.17, 15) is 0 Å². The highest BCUT2D eigenvalue weighted by Crippen LogP contribution is 2.40. The highest BCUT2D eigenvalue weighted by atomic mass is 15.0. The van der Waals surface area contributed by atoms with Crippen molar-refractivity contribution < 1.29 is 0 Å². The van der Waals surface area contributed by atoms with E-state index in [1.807, 2.05) is 6.07 Å². The number of para-hydroxylation sites is 2. The molecule has 202 valence electrons. The van der Waals surface area contributed by atoms with Crippen LogP contribution < -0.4 is 0 Å². The van der Waals surface area contributed by atoms with Gasteiger partial charge in [0.25, 0.3) is 0 Å². The molecular weight excluding hydrogens is 522 g/mol. The Morgan fingerprint density at radius 1 is 0.419 bits per heavy atom. The fourth-order valence-electron chi connectivity index (χ4n) is 6.03. The molecule has 8 rings (SSSR count). The third kappa shape index (κ3) is 4.39. The Balaban J connectivity index is 1.48. The zero-order valence-corrected chi connectivity index (χ0v) is 23.4. The minimum absolute atomic E-state index is 0.711. The standard InChI is InChI=1S/C40H27N3/c1-4-15-28(16-5-1)30-19-14-20-31(27-30)37-39-38(35-25-12-13-26-36(35)43(39)32-21-8-3-9-22-32)42-40(41-37)34-24-11-10-23-33(34)29-17-6-2-7-18-29/h1-27H. The second kappa shape index (κ2) is 10.6. The van der Waals surface area contributed by atoms with E-state index in [2.05, 4.69) is 162 Å². The first-order valence-electron chi connectivity index (χ1n) is 14.5. The fourth-order valence-corrected chi connectivity index (χ4v) is 6.03. The molecule has 0 fully saturated rings. The summed E-state index contributed by atoms with van der Waals surface area (Å²) in [6, 6.07) is 57.1. The number of rotatable bonds is 5. The molecule has 0 unspecified atom stereocenters. The third-order valence-electron chi connectivity index (χ3n) is 8.02. The van der Waals surface area contributed by atoms with E-state index in [0.29, 0.717) is 5.82 Å². The molecule has 0 saturated heterocycles. The summed E-state index contributed by atoms with van der Waals surface area (Å²) < 4.78 is 2.31. The van der Waals surface area contributed by atoms with Crippen molar-refractivity contribution in [3.8, 4) is 50.6 Å². The molecule has 0 bridgehead atoms. The Hall–Kier alpha value is -5.80. The molecule has 0 saturated carbocycles. The predicted molar refractivity (Wildman–Crippen MR) is 178 cm³/mol.